The third kappa shape index (κ3) is 3.51. The largest absolute Gasteiger partial charge is 0.377 e. The van der Waals surface area contributed by atoms with E-state index in [1.807, 2.05) is 0 Å². The molecule has 6 nitrogen and oxygen atoms in total. The molecule has 3 heterocycles. The highest BCUT2D eigenvalue weighted by Crippen LogP contribution is 2.23. The number of nitrogens with one attached hydrogen (secondary N) is 1. The van der Waals surface area contributed by atoms with E-state index in [0.29, 0.717) is 12.2 Å². The van der Waals surface area contributed by atoms with Crippen molar-refractivity contribution in [3.05, 3.63) is 17.0 Å². The van der Waals surface area contributed by atoms with E-state index in [1.54, 1.807) is 10.3 Å². The summed E-state index contributed by atoms with van der Waals surface area (Å²) in [7, 11) is -3.57. The molecule has 8 heteroatoms. The normalized spacial score (nSPS) is 22.4. The van der Waals surface area contributed by atoms with Crippen LogP contribution in [0.3, 0.4) is 0 Å². The van der Waals surface area contributed by atoms with Crippen molar-refractivity contribution < 1.29 is 17.9 Å². The van der Waals surface area contributed by atoms with Crippen LogP contribution in [0.15, 0.2) is 15.7 Å². The zero-order valence-electron chi connectivity index (χ0n) is 12.3. The Morgan fingerprint density at radius 3 is 2.82 bits per heavy atom. The highest BCUT2D eigenvalue weighted by Gasteiger charge is 2.25. The average molecular weight is 344 g/mol. The van der Waals surface area contributed by atoms with Crippen LogP contribution in [0.5, 0.6) is 0 Å². The predicted molar refractivity (Wildman–Crippen MR) is 83.6 cm³/mol. The van der Waals surface area contributed by atoms with Crippen molar-refractivity contribution in [3.8, 4) is 0 Å². The summed E-state index contributed by atoms with van der Waals surface area (Å²) >= 11 is 1.09. The number of hydrogen-bond donors (Lipinski definition) is 1. The van der Waals surface area contributed by atoms with Crippen molar-refractivity contribution >= 4 is 27.3 Å². The van der Waals surface area contributed by atoms with Gasteiger partial charge in [0, 0.05) is 31.6 Å². The van der Waals surface area contributed by atoms with Crippen LogP contribution in [0.25, 0.3) is 0 Å². The third-order valence-corrected chi connectivity index (χ3v) is 6.87. The van der Waals surface area contributed by atoms with Gasteiger partial charge in [-0.3, -0.25) is 4.79 Å². The fraction of sp³-hybridized carbons (Fsp3) is 0.643. The summed E-state index contributed by atoms with van der Waals surface area (Å²) in [6.07, 6.45) is 3.85. The fourth-order valence-electron chi connectivity index (χ4n) is 2.75. The van der Waals surface area contributed by atoms with E-state index in [0.717, 1.165) is 50.1 Å². The molecule has 0 aliphatic carbocycles. The van der Waals surface area contributed by atoms with E-state index in [2.05, 4.69) is 4.72 Å². The van der Waals surface area contributed by atoms with Gasteiger partial charge in [-0.1, -0.05) is 0 Å². The molecular formula is C14H20N2O4S2. The lowest BCUT2D eigenvalue weighted by Gasteiger charge is -2.13. The summed E-state index contributed by atoms with van der Waals surface area (Å²) < 4.78 is 32.7. The standard InChI is InChI=1S/C14H20N2O4S2/c17-14(16-5-1-2-6-16)11-8-13(21-10-11)22(18,19)15-9-12-4-3-7-20-12/h8,10,12,15H,1-7,9H2. The Morgan fingerprint density at radius 1 is 1.36 bits per heavy atom. The van der Waals surface area contributed by atoms with Crippen LogP contribution in [0.4, 0.5) is 0 Å². The van der Waals surface area contributed by atoms with Crippen LogP contribution >= 0.6 is 11.3 Å². The molecule has 1 atom stereocenters. The fourth-order valence-corrected chi connectivity index (χ4v) is 5.02. The maximum atomic E-state index is 12.3. The highest BCUT2D eigenvalue weighted by atomic mass is 32.2. The molecule has 1 aromatic rings. The number of sulfonamides is 1. The van der Waals surface area contributed by atoms with Crippen molar-refractivity contribution in [2.45, 2.75) is 36.0 Å². The van der Waals surface area contributed by atoms with Crippen LogP contribution in [0.2, 0.25) is 0 Å². The molecule has 2 saturated heterocycles. The molecule has 0 bridgehead atoms. The molecule has 2 aliphatic rings. The molecule has 22 heavy (non-hydrogen) atoms. The van der Waals surface area contributed by atoms with Crippen molar-refractivity contribution in [2.75, 3.05) is 26.2 Å². The number of rotatable bonds is 5. The molecule has 0 spiro atoms. The number of ether oxygens (including phenoxy) is 1. The van der Waals surface area contributed by atoms with Crippen molar-refractivity contribution in [1.82, 2.24) is 9.62 Å². The molecule has 0 radical (unpaired) electrons. The number of hydrogen-bond acceptors (Lipinski definition) is 5. The first-order valence-corrected chi connectivity index (χ1v) is 9.91. The van der Waals surface area contributed by atoms with Gasteiger partial charge in [0.2, 0.25) is 10.0 Å². The molecular weight excluding hydrogens is 324 g/mol. The molecule has 3 rings (SSSR count). The van der Waals surface area contributed by atoms with Gasteiger partial charge in [0.15, 0.2) is 0 Å². The molecule has 2 fully saturated rings. The van der Waals surface area contributed by atoms with Crippen LogP contribution in [-0.4, -0.2) is 51.6 Å². The van der Waals surface area contributed by atoms with E-state index < -0.39 is 10.0 Å². The first kappa shape index (κ1) is 15.9. The molecule has 1 unspecified atom stereocenters. The lowest BCUT2D eigenvalue weighted by atomic mass is 10.2. The predicted octanol–water partition coefficient (Wildman–Crippen LogP) is 1.44. The summed E-state index contributed by atoms with van der Waals surface area (Å²) in [6.45, 7) is 2.50. The second-order valence-corrected chi connectivity index (χ2v) is 8.55. The van der Waals surface area contributed by atoms with Gasteiger partial charge in [0.25, 0.3) is 5.91 Å². The minimum atomic E-state index is -3.57. The summed E-state index contributed by atoms with van der Waals surface area (Å²) in [5.74, 6) is -0.0747. The van der Waals surface area contributed by atoms with Gasteiger partial charge in [-0.15, -0.1) is 11.3 Å². The zero-order chi connectivity index (χ0) is 15.6. The van der Waals surface area contributed by atoms with Crippen molar-refractivity contribution in [1.29, 1.82) is 0 Å². The van der Waals surface area contributed by atoms with Gasteiger partial charge in [0.1, 0.15) is 4.21 Å². The van der Waals surface area contributed by atoms with Gasteiger partial charge < -0.3 is 9.64 Å². The second kappa shape index (κ2) is 6.66. The SMILES string of the molecule is O=C(c1csc(S(=O)(=O)NCC2CCCO2)c1)N1CCCC1. The number of carbonyl (C=O) groups is 1. The van der Waals surface area contributed by atoms with Gasteiger partial charge >= 0.3 is 0 Å². The molecule has 1 amide bonds. The van der Waals surface area contributed by atoms with Crippen LogP contribution in [-0.2, 0) is 14.8 Å². The average Bonchev–Trinajstić information content (AvgIpc) is 3.26. The Kier molecular flexibility index (Phi) is 4.82. The smallest absolute Gasteiger partial charge is 0.254 e. The third-order valence-electron chi connectivity index (χ3n) is 4.01. The summed E-state index contributed by atoms with van der Waals surface area (Å²) in [5.41, 5.74) is 0.462. The van der Waals surface area contributed by atoms with E-state index in [-0.39, 0.29) is 22.8 Å². The molecule has 0 aromatic carbocycles. The van der Waals surface area contributed by atoms with Crippen molar-refractivity contribution in [2.24, 2.45) is 0 Å². The lowest BCUT2D eigenvalue weighted by Crippen LogP contribution is -2.31. The summed E-state index contributed by atoms with van der Waals surface area (Å²) in [4.78, 5) is 14.0. The molecule has 2 aliphatic heterocycles. The Bertz CT molecular complexity index is 629. The first-order chi connectivity index (χ1) is 10.6. The highest BCUT2D eigenvalue weighted by molar-refractivity contribution is 7.91. The zero-order valence-corrected chi connectivity index (χ0v) is 13.9. The van der Waals surface area contributed by atoms with Gasteiger partial charge in [-0.25, -0.2) is 13.1 Å². The van der Waals surface area contributed by atoms with Crippen LogP contribution in [0.1, 0.15) is 36.0 Å². The van der Waals surface area contributed by atoms with E-state index in [9.17, 15) is 13.2 Å². The minimum absolute atomic E-state index is 0.0413. The van der Waals surface area contributed by atoms with Gasteiger partial charge in [0.05, 0.1) is 11.7 Å². The summed E-state index contributed by atoms with van der Waals surface area (Å²) in [6, 6.07) is 1.48. The number of thiophene rings is 1. The molecule has 122 valence electrons. The first-order valence-electron chi connectivity index (χ1n) is 7.55. The summed E-state index contributed by atoms with van der Waals surface area (Å²) in [5, 5.41) is 1.63. The van der Waals surface area contributed by atoms with Gasteiger partial charge in [-0.2, -0.15) is 0 Å². The monoisotopic (exact) mass is 344 g/mol. The number of likely N-dealkylation sites (tertiary alicyclic amines) is 1. The van der Waals surface area contributed by atoms with Crippen LogP contribution < -0.4 is 4.72 Å². The van der Waals surface area contributed by atoms with Gasteiger partial charge in [-0.05, 0) is 31.7 Å². The Balaban J connectivity index is 1.64. The topological polar surface area (TPSA) is 75.7 Å². The quantitative estimate of drug-likeness (QED) is 0.877. The van der Waals surface area contributed by atoms with E-state index >= 15 is 0 Å². The number of carbonyl (C=O) groups excluding carboxylic acids is 1. The number of amides is 1. The van der Waals surface area contributed by atoms with Crippen LogP contribution in [0, 0.1) is 0 Å². The van der Waals surface area contributed by atoms with Crippen molar-refractivity contribution in [3.63, 3.8) is 0 Å². The Labute approximate surface area is 134 Å². The lowest BCUT2D eigenvalue weighted by molar-refractivity contribution is 0.0793. The molecule has 1 N–H and O–H groups in total. The number of nitrogens with zero attached hydrogens (tertiary/aromatic N) is 1. The Morgan fingerprint density at radius 2 is 2.14 bits per heavy atom. The Hall–Kier alpha value is -0.960. The molecule has 1 aromatic heterocycles. The van der Waals surface area contributed by atoms with E-state index in [1.165, 1.54) is 6.07 Å². The van der Waals surface area contributed by atoms with E-state index in [4.69, 9.17) is 4.74 Å². The maximum Gasteiger partial charge on any atom is 0.254 e. The minimum Gasteiger partial charge on any atom is -0.377 e. The second-order valence-electron chi connectivity index (χ2n) is 5.64. The maximum absolute atomic E-state index is 12.3. The molecule has 0 saturated carbocycles.